The number of carbonyl (C=O) groups is 2. The number of esters is 1. The SMILES string of the molecule is CCOC(=O)C1(C#N)C(=O)/C(=C\c2ccncc2)SC1=Nc1ccccc1Cl. The minimum Gasteiger partial charge on any atom is -0.464 e. The number of aromatic nitrogens is 1. The van der Waals surface area contributed by atoms with Gasteiger partial charge in [0.25, 0.3) is 5.41 Å². The lowest BCUT2D eigenvalue weighted by Crippen LogP contribution is -2.41. The van der Waals surface area contributed by atoms with E-state index in [0.29, 0.717) is 16.3 Å². The summed E-state index contributed by atoms with van der Waals surface area (Å²) in [6.07, 6.45) is 4.76. The average molecular weight is 412 g/mol. The fraction of sp³-hybridized carbons (Fsp3) is 0.150. The van der Waals surface area contributed by atoms with Crippen LogP contribution in [0.5, 0.6) is 0 Å². The quantitative estimate of drug-likeness (QED) is 0.425. The second-order valence-electron chi connectivity index (χ2n) is 5.67. The topological polar surface area (TPSA) is 92.4 Å². The van der Waals surface area contributed by atoms with Crippen molar-refractivity contribution in [3.63, 3.8) is 0 Å². The standard InChI is InChI=1S/C20H14ClN3O3S/c1-2-27-19(26)20(12-22)17(25)16(11-13-7-9-23-10-8-13)28-18(20)24-15-6-4-3-5-14(15)21/h3-11H,2H2,1H3/b16-11+,24-18?. The van der Waals surface area contributed by atoms with Gasteiger partial charge in [0.1, 0.15) is 5.04 Å². The number of pyridine rings is 1. The lowest BCUT2D eigenvalue weighted by Gasteiger charge is -2.16. The predicted octanol–water partition coefficient (Wildman–Crippen LogP) is 4.20. The number of rotatable bonds is 4. The van der Waals surface area contributed by atoms with Gasteiger partial charge in [0.2, 0.25) is 5.78 Å². The number of halogens is 1. The second-order valence-corrected chi connectivity index (χ2v) is 7.11. The number of ketones is 1. The molecule has 1 aliphatic heterocycles. The van der Waals surface area contributed by atoms with Crippen molar-refractivity contribution in [1.82, 2.24) is 4.98 Å². The minimum atomic E-state index is -2.15. The van der Waals surface area contributed by atoms with Gasteiger partial charge in [-0.25, -0.2) is 9.79 Å². The molecule has 1 aromatic heterocycles. The molecule has 0 spiro atoms. The largest absolute Gasteiger partial charge is 0.464 e. The number of nitrogens with zero attached hydrogens (tertiary/aromatic N) is 3. The summed E-state index contributed by atoms with van der Waals surface area (Å²) in [5, 5.41) is 10.2. The first-order valence-corrected chi connectivity index (χ1v) is 9.49. The Kier molecular flexibility index (Phi) is 5.93. The monoisotopic (exact) mass is 411 g/mol. The Morgan fingerprint density at radius 1 is 1.36 bits per heavy atom. The summed E-state index contributed by atoms with van der Waals surface area (Å²) in [4.78, 5) is 34.3. The van der Waals surface area contributed by atoms with Crippen LogP contribution in [0, 0.1) is 16.7 Å². The van der Waals surface area contributed by atoms with Crippen molar-refractivity contribution in [1.29, 1.82) is 5.26 Å². The maximum absolute atomic E-state index is 13.1. The zero-order chi connectivity index (χ0) is 20.1. The number of carbonyl (C=O) groups excluding carboxylic acids is 2. The van der Waals surface area contributed by atoms with Gasteiger partial charge in [-0.2, -0.15) is 5.26 Å². The van der Waals surface area contributed by atoms with Crippen molar-refractivity contribution in [3.8, 4) is 6.07 Å². The number of hydrogen-bond donors (Lipinski definition) is 0. The van der Waals surface area contributed by atoms with Crippen LogP contribution in [0.4, 0.5) is 5.69 Å². The Hall–Kier alpha value is -2.95. The van der Waals surface area contributed by atoms with Crippen LogP contribution >= 0.6 is 23.4 Å². The number of thioether (sulfide) groups is 1. The van der Waals surface area contributed by atoms with Crippen molar-refractivity contribution < 1.29 is 14.3 Å². The lowest BCUT2D eigenvalue weighted by molar-refractivity contribution is -0.150. The number of ether oxygens (including phenoxy) is 1. The van der Waals surface area contributed by atoms with E-state index in [-0.39, 0.29) is 16.6 Å². The average Bonchev–Trinajstić information content (AvgIpc) is 2.96. The van der Waals surface area contributed by atoms with E-state index in [9.17, 15) is 14.9 Å². The van der Waals surface area contributed by atoms with Gasteiger partial charge < -0.3 is 4.74 Å². The number of benzene rings is 1. The highest BCUT2D eigenvalue weighted by molar-refractivity contribution is 8.19. The van der Waals surface area contributed by atoms with Crippen LogP contribution in [0.3, 0.4) is 0 Å². The van der Waals surface area contributed by atoms with E-state index in [4.69, 9.17) is 16.3 Å². The van der Waals surface area contributed by atoms with Gasteiger partial charge in [-0.05, 0) is 42.8 Å². The highest BCUT2D eigenvalue weighted by Crippen LogP contribution is 2.46. The summed E-state index contributed by atoms with van der Waals surface area (Å²) in [7, 11) is 0. The molecule has 0 amide bonds. The molecule has 1 unspecified atom stereocenters. The molecule has 2 aromatic rings. The molecule has 28 heavy (non-hydrogen) atoms. The normalized spacial score (nSPS) is 21.7. The van der Waals surface area contributed by atoms with Gasteiger partial charge in [-0.1, -0.05) is 35.5 Å². The molecule has 3 rings (SSSR count). The van der Waals surface area contributed by atoms with Gasteiger partial charge in [-0.15, -0.1) is 0 Å². The molecule has 0 bridgehead atoms. The van der Waals surface area contributed by atoms with E-state index >= 15 is 0 Å². The van der Waals surface area contributed by atoms with Gasteiger partial charge in [-0.3, -0.25) is 9.78 Å². The summed E-state index contributed by atoms with van der Waals surface area (Å²) in [6, 6.07) is 12.0. The van der Waals surface area contributed by atoms with E-state index in [1.54, 1.807) is 61.8 Å². The number of para-hydroxylation sites is 1. The zero-order valence-electron chi connectivity index (χ0n) is 14.8. The highest BCUT2D eigenvalue weighted by Gasteiger charge is 2.59. The predicted molar refractivity (Wildman–Crippen MR) is 108 cm³/mol. The van der Waals surface area contributed by atoms with Crippen molar-refractivity contribution in [2.75, 3.05) is 6.61 Å². The molecule has 140 valence electrons. The van der Waals surface area contributed by atoms with E-state index < -0.39 is 17.2 Å². The van der Waals surface area contributed by atoms with Crippen LogP contribution < -0.4 is 0 Å². The smallest absolute Gasteiger partial charge is 0.341 e. The molecule has 1 aliphatic rings. The first-order valence-electron chi connectivity index (χ1n) is 8.29. The van der Waals surface area contributed by atoms with Crippen molar-refractivity contribution in [2.45, 2.75) is 6.92 Å². The summed E-state index contributed by atoms with van der Waals surface area (Å²) < 4.78 is 5.04. The van der Waals surface area contributed by atoms with Gasteiger partial charge in [0.15, 0.2) is 0 Å². The number of nitriles is 1. The van der Waals surface area contributed by atoms with Crippen LogP contribution in [0.15, 0.2) is 58.7 Å². The molecular weight excluding hydrogens is 398 g/mol. The summed E-state index contributed by atoms with van der Waals surface area (Å²) in [5.41, 5.74) is -1.09. The first-order chi connectivity index (χ1) is 13.5. The molecular formula is C20H14ClN3O3S. The van der Waals surface area contributed by atoms with Crippen LogP contribution in [-0.4, -0.2) is 28.4 Å². The molecule has 0 N–H and O–H groups in total. The van der Waals surface area contributed by atoms with Crippen molar-refractivity contribution in [3.05, 3.63) is 64.3 Å². The number of allylic oxidation sites excluding steroid dienone is 1. The fourth-order valence-electron chi connectivity index (χ4n) is 2.54. The summed E-state index contributed by atoms with van der Waals surface area (Å²) >= 11 is 7.12. The summed E-state index contributed by atoms with van der Waals surface area (Å²) in [6.45, 7) is 1.64. The van der Waals surface area contributed by atoms with E-state index in [1.165, 1.54) is 0 Å². The number of aliphatic imine (C=N–C) groups is 1. The van der Waals surface area contributed by atoms with E-state index in [2.05, 4.69) is 9.98 Å². The van der Waals surface area contributed by atoms with Gasteiger partial charge in [0, 0.05) is 12.4 Å². The molecule has 1 fully saturated rings. The van der Waals surface area contributed by atoms with Crippen LogP contribution in [0.25, 0.3) is 6.08 Å². The molecule has 1 aromatic carbocycles. The van der Waals surface area contributed by atoms with Crippen LogP contribution in [0.2, 0.25) is 5.02 Å². The Labute approximate surface area is 170 Å². The van der Waals surface area contributed by atoms with Gasteiger partial charge in [0.05, 0.1) is 28.3 Å². The van der Waals surface area contributed by atoms with Crippen LogP contribution in [-0.2, 0) is 14.3 Å². The Morgan fingerprint density at radius 2 is 2.07 bits per heavy atom. The second kappa shape index (κ2) is 8.38. The molecule has 2 heterocycles. The molecule has 0 radical (unpaired) electrons. The molecule has 1 saturated heterocycles. The Morgan fingerprint density at radius 3 is 2.71 bits per heavy atom. The molecule has 0 aliphatic carbocycles. The Balaban J connectivity index is 2.16. The van der Waals surface area contributed by atoms with Gasteiger partial charge >= 0.3 is 5.97 Å². The maximum Gasteiger partial charge on any atom is 0.341 e. The maximum atomic E-state index is 13.1. The third-order valence-electron chi connectivity index (χ3n) is 3.92. The molecule has 1 atom stereocenters. The van der Waals surface area contributed by atoms with Crippen LogP contribution in [0.1, 0.15) is 12.5 Å². The number of hydrogen-bond acceptors (Lipinski definition) is 7. The van der Waals surface area contributed by atoms with E-state index in [1.807, 2.05) is 6.07 Å². The zero-order valence-corrected chi connectivity index (χ0v) is 16.3. The molecule has 8 heteroatoms. The molecule has 0 saturated carbocycles. The van der Waals surface area contributed by atoms with Crippen molar-refractivity contribution >= 4 is 51.9 Å². The Bertz CT molecular complexity index is 1030. The lowest BCUT2D eigenvalue weighted by atomic mass is 9.85. The third-order valence-corrected chi connectivity index (χ3v) is 5.35. The number of Topliss-reactive ketones (excluding diaryl/α,β-unsaturated/α-hetero) is 1. The molecule has 6 nitrogen and oxygen atoms in total. The third kappa shape index (κ3) is 3.57. The summed E-state index contributed by atoms with van der Waals surface area (Å²) in [5.74, 6) is -1.61. The first kappa shape index (κ1) is 19.8. The highest BCUT2D eigenvalue weighted by atomic mass is 35.5. The van der Waals surface area contributed by atoms with E-state index in [0.717, 1.165) is 11.8 Å². The minimum absolute atomic E-state index is 0.0202. The van der Waals surface area contributed by atoms with Crippen molar-refractivity contribution in [2.24, 2.45) is 10.4 Å². The fourth-order valence-corrected chi connectivity index (χ4v) is 3.88.